The van der Waals surface area contributed by atoms with Crippen LogP contribution in [0.25, 0.3) is 6.08 Å². The molecule has 0 spiro atoms. The summed E-state index contributed by atoms with van der Waals surface area (Å²) in [4.78, 5) is 41.2. The number of phenolic OH excluding ortho intramolecular Hbond substituents is 1. The van der Waals surface area contributed by atoms with E-state index in [1.54, 1.807) is 75.4 Å². The number of carbonyl (C=O) groups is 3. The number of imide groups is 1. The minimum Gasteiger partial charge on any atom is -0.504 e. The summed E-state index contributed by atoms with van der Waals surface area (Å²) in [6, 6.07) is 12.6. The Labute approximate surface area is 197 Å². The quantitative estimate of drug-likeness (QED) is 0.583. The number of fused-ring (bicyclic) bond motifs is 1. The van der Waals surface area contributed by atoms with Crippen molar-refractivity contribution in [2.24, 2.45) is 11.8 Å². The zero-order valence-electron chi connectivity index (χ0n) is 19.5. The molecule has 0 bridgehead atoms. The molecule has 2 aliphatic rings. The maximum absolute atomic E-state index is 13.6. The number of ether oxygens (including phenoxy) is 1. The highest BCUT2D eigenvalue weighted by Gasteiger charge is 2.69. The predicted octanol–water partition coefficient (Wildman–Crippen LogP) is 2.77. The highest BCUT2D eigenvalue weighted by molar-refractivity contribution is 6.10. The summed E-state index contributed by atoms with van der Waals surface area (Å²) in [6.07, 6.45) is 3.42. The van der Waals surface area contributed by atoms with Crippen molar-refractivity contribution >= 4 is 23.9 Å². The average molecular weight is 465 g/mol. The zero-order chi connectivity index (χ0) is 24.8. The van der Waals surface area contributed by atoms with Crippen LogP contribution in [-0.4, -0.2) is 51.6 Å². The number of rotatable bonds is 5. The van der Waals surface area contributed by atoms with Crippen LogP contribution in [0, 0.1) is 11.8 Å². The van der Waals surface area contributed by atoms with Crippen molar-refractivity contribution in [1.82, 2.24) is 10.2 Å². The number of carbonyl (C=O) groups excluding carboxylic acids is 2. The lowest BCUT2D eigenvalue weighted by molar-refractivity contribution is -0.154. The second kappa shape index (κ2) is 8.29. The third-order valence-electron chi connectivity index (χ3n) is 6.54. The van der Waals surface area contributed by atoms with Gasteiger partial charge in [0, 0.05) is 11.6 Å². The van der Waals surface area contributed by atoms with E-state index in [0.717, 1.165) is 0 Å². The molecular formula is C26H28N2O6. The van der Waals surface area contributed by atoms with Crippen LogP contribution in [0.3, 0.4) is 0 Å². The molecule has 2 aliphatic heterocycles. The number of benzene rings is 2. The number of carboxylic acids is 1. The first-order valence-electron chi connectivity index (χ1n) is 11.0. The molecule has 8 heteroatoms. The molecule has 0 aromatic heterocycles. The van der Waals surface area contributed by atoms with Crippen LogP contribution in [0.15, 0.2) is 54.6 Å². The second-order valence-corrected chi connectivity index (χ2v) is 9.63. The van der Waals surface area contributed by atoms with Gasteiger partial charge < -0.3 is 14.9 Å². The largest absolute Gasteiger partial charge is 0.504 e. The minimum absolute atomic E-state index is 0.00920. The summed E-state index contributed by atoms with van der Waals surface area (Å²) in [6.45, 7) is 5.28. The molecule has 0 aliphatic carbocycles. The third-order valence-corrected chi connectivity index (χ3v) is 6.54. The minimum atomic E-state index is -1.76. The van der Waals surface area contributed by atoms with Gasteiger partial charge in [-0.1, -0.05) is 48.6 Å². The maximum atomic E-state index is 13.6. The van der Waals surface area contributed by atoms with Gasteiger partial charge in [0.25, 0.3) is 0 Å². The Hall–Kier alpha value is -3.65. The van der Waals surface area contributed by atoms with Crippen LogP contribution < -0.4 is 10.1 Å². The van der Waals surface area contributed by atoms with Crippen molar-refractivity contribution in [2.75, 3.05) is 7.11 Å². The van der Waals surface area contributed by atoms with Crippen molar-refractivity contribution in [1.29, 1.82) is 0 Å². The van der Waals surface area contributed by atoms with Crippen LogP contribution in [0.4, 0.5) is 0 Å². The topological polar surface area (TPSA) is 116 Å². The van der Waals surface area contributed by atoms with Gasteiger partial charge in [0.15, 0.2) is 17.0 Å². The Bertz CT molecular complexity index is 1170. The van der Waals surface area contributed by atoms with Gasteiger partial charge in [-0.15, -0.1) is 0 Å². The molecule has 178 valence electrons. The average Bonchev–Trinajstić information content (AvgIpc) is 3.27. The monoisotopic (exact) mass is 464 g/mol. The van der Waals surface area contributed by atoms with Crippen molar-refractivity contribution in [2.45, 2.75) is 37.9 Å². The Morgan fingerprint density at radius 3 is 2.38 bits per heavy atom. The van der Waals surface area contributed by atoms with Gasteiger partial charge in [-0.2, -0.15) is 0 Å². The summed E-state index contributed by atoms with van der Waals surface area (Å²) < 4.78 is 5.15. The summed E-state index contributed by atoms with van der Waals surface area (Å²) in [7, 11) is 1.44. The molecule has 34 heavy (non-hydrogen) atoms. The maximum Gasteiger partial charge on any atom is 0.329 e. The van der Waals surface area contributed by atoms with Gasteiger partial charge in [0.05, 0.1) is 18.9 Å². The molecule has 4 atom stereocenters. The lowest BCUT2D eigenvalue weighted by atomic mass is 9.76. The van der Waals surface area contributed by atoms with E-state index in [-0.39, 0.29) is 11.5 Å². The van der Waals surface area contributed by atoms with E-state index in [0.29, 0.717) is 11.1 Å². The molecule has 2 amide bonds. The summed E-state index contributed by atoms with van der Waals surface area (Å²) in [5.41, 5.74) is -1.46. The number of hydrogen-bond acceptors (Lipinski definition) is 6. The van der Waals surface area contributed by atoms with E-state index >= 15 is 0 Å². The molecule has 3 N–H and O–H groups in total. The van der Waals surface area contributed by atoms with E-state index < -0.39 is 46.7 Å². The van der Waals surface area contributed by atoms with Gasteiger partial charge in [-0.3, -0.25) is 19.8 Å². The van der Waals surface area contributed by atoms with Crippen molar-refractivity contribution < 1.29 is 29.3 Å². The fourth-order valence-corrected chi connectivity index (χ4v) is 5.07. The van der Waals surface area contributed by atoms with Crippen LogP contribution in [0.5, 0.6) is 11.5 Å². The number of nitrogens with one attached hydrogen (secondary N) is 1. The highest BCUT2D eigenvalue weighted by Crippen LogP contribution is 2.50. The normalized spacial score (nSPS) is 26.8. The highest BCUT2D eigenvalue weighted by atomic mass is 16.5. The van der Waals surface area contributed by atoms with E-state index in [9.17, 15) is 24.6 Å². The molecule has 4 rings (SSSR count). The molecule has 2 aromatic carbocycles. The zero-order valence-corrected chi connectivity index (χ0v) is 19.5. The molecule has 8 nitrogen and oxygen atoms in total. The first-order valence-corrected chi connectivity index (χ1v) is 11.0. The van der Waals surface area contributed by atoms with Gasteiger partial charge in [-0.05, 0) is 44.0 Å². The van der Waals surface area contributed by atoms with Crippen LogP contribution in [0.2, 0.25) is 0 Å². The molecular weight excluding hydrogens is 436 g/mol. The molecule has 4 unspecified atom stereocenters. The fourth-order valence-electron chi connectivity index (χ4n) is 5.07. The molecule has 0 radical (unpaired) electrons. The number of phenols is 1. The lowest BCUT2D eigenvalue weighted by Crippen LogP contribution is -2.56. The van der Waals surface area contributed by atoms with Crippen LogP contribution in [0.1, 0.15) is 31.9 Å². The summed E-state index contributed by atoms with van der Waals surface area (Å²) >= 11 is 0. The van der Waals surface area contributed by atoms with Crippen molar-refractivity contribution in [3.63, 3.8) is 0 Å². The number of nitrogens with zero attached hydrogens (tertiary/aromatic N) is 1. The van der Waals surface area contributed by atoms with Crippen molar-refractivity contribution in [3.05, 3.63) is 65.7 Å². The second-order valence-electron chi connectivity index (χ2n) is 9.63. The smallest absolute Gasteiger partial charge is 0.329 e. The number of hydrogen-bond donors (Lipinski definition) is 3. The van der Waals surface area contributed by atoms with Gasteiger partial charge in [0.1, 0.15) is 0 Å². The first-order chi connectivity index (χ1) is 16.0. The van der Waals surface area contributed by atoms with Gasteiger partial charge in [0.2, 0.25) is 11.8 Å². The number of aliphatic carboxylic acids is 1. The van der Waals surface area contributed by atoms with E-state index in [2.05, 4.69) is 5.32 Å². The molecule has 0 saturated carbocycles. The standard InChI is InChI=1S/C26H28N2O6/c1-25(2,3)28-22(30)20-17(12-10-15-11-13-18(29)19(14-15)34-4)27-26(24(32)33,21(20)23(28)31)16-8-6-5-7-9-16/h5-14,17,20-21,27,29H,1-4H3,(H,32,33)/b12-10+. The summed E-state index contributed by atoms with van der Waals surface area (Å²) in [5.74, 6) is -3.83. The lowest BCUT2D eigenvalue weighted by Gasteiger charge is -2.35. The van der Waals surface area contributed by atoms with Crippen LogP contribution in [-0.2, 0) is 19.9 Å². The number of methoxy groups -OCH3 is 1. The SMILES string of the molecule is COc1cc(/C=C/C2NC(C(=O)O)(c3ccccc3)C3C(=O)N(C(C)(C)C)C(=O)C23)ccc1O. The third kappa shape index (κ3) is 3.54. The number of carboxylic acid groups (broad SMARTS) is 1. The van der Waals surface area contributed by atoms with Gasteiger partial charge in [-0.25, -0.2) is 4.79 Å². The van der Waals surface area contributed by atoms with E-state index in [1.807, 2.05) is 0 Å². The van der Waals surface area contributed by atoms with Crippen molar-refractivity contribution in [3.8, 4) is 11.5 Å². The first kappa shape index (κ1) is 23.5. The molecule has 2 heterocycles. The predicted molar refractivity (Wildman–Crippen MR) is 125 cm³/mol. The van der Waals surface area contributed by atoms with Crippen LogP contribution >= 0.6 is 0 Å². The number of likely N-dealkylation sites (tertiary alicyclic amines) is 1. The summed E-state index contributed by atoms with van der Waals surface area (Å²) in [5, 5.41) is 23.4. The molecule has 2 fully saturated rings. The number of amides is 2. The Balaban J connectivity index is 1.83. The number of aromatic hydroxyl groups is 1. The van der Waals surface area contributed by atoms with Gasteiger partial charge >= 0.3 is 5.97 Å². The molecule has 2 saturated heterocycles. The molecule has 2 aromatic rings. The Morgan fingerprint density at radius 1 is 1.12 bits per heavy atom. The Kier molecular flexibility index (Phi) is 5.73. The van der Waals surface area contributed by atoms with E-state index in [4.69, 9.17) is 4.74 Å². The fraction of sp³-hybridized carbons (Fsp3) is 0.346. The van der Waals surface area contributed by atoms with E-state index in [1.165, 1.54) is 18.1 Å². The Morgan fingerprint density at radius 2 is 1.79 bits per heavy atom.